The number of fused-ring (bicyclic) bond motifs is 1. The Labute approximate surface area is 148 Å². The van der Waals surface area contributed by atoms with E-state index in [1.807, 2.05) is 16.9 Å². The summed E-state index contributed by atoms with van der Waals surface area (Å²) in [7, 11) is 1.64. The Morgan fingerprint density at radius 3 is 3.00 bits per heavy atom. The van der Waals surface area contributed by atoms with Crippen LogP contribution in [0.4, 0.5) is 5.69 Å². The molecule has 0 aromatic carbocycles. The van der Waals surface area contributed by atoms with Crippen molar-refractivity contribution in [1.82, 2.24) is 19.3 Å². The predicted octanol–water partition coefficient (Wildman–Crippen LogP) is 2.11. The maximum absolute atomic E-state index is 12.6. The first kappa shape index (κ1) is 15.7. The molecule has 1 aliphatic heterocycles. The number of nitrogens with zero attached hydrogens (tertiary/aromatic N) is 6. The lowest BCUT2D eigenvalue weighted by atomic mass is 10.1. The number of aromatic nitrogens is 4. The van der Waals surface area contributed by atoms with Crippen molar-refractivity contribution in [2.24, 2.45) is 7.05 Å². The number of pyridine rings is 2. The van der Waals surface area contributed by atoms with Crippen LogP contribution in [0.25, 0.3) is 10.9 Å². The molecule has 126 valence electrons. The van der Waals surface area contributed by atoms with Gasteiger partial charge in [-0.25, -0.2) is 4.98 Å². The van der Waals surface area contributed by atoms with Gasteiger partial charge in [-0.3, -0.25) is 9.48 Å². The molecule has 8 heteroatoms. The fourth-order valence-corrected chi connectivity index (χ4v) is 3.64. The minimum absolute atomic E-state index is 0.137. The van der Waals surface area contributed by atoms with Crippen LogP contribution in [0.3, 0.4) is 0 Å². The monoisotopic (exact) mass is 354 g/mol. The van der Waals surface area contributed by atoms with E-state index in [0.717, 1.165) is 18.4 Å². The van der Waals surface area contributed by atoms with Crippen molar-refractivity contribution in [3.05, 3.63) is 51.8 Å². The maximum Gasteiger partial charge on any atom is 0.270 e. The number of aryl methyl sites for hydroxylation is 1. The van der Waals surface area contributed by atoms with Crippen molar-refractivity contribution >= 4 is 28.2 Å². The molecule has 3 aromatic rings. The van der Waals surface area contributed by atoms with Crippen LogP contribution in [0, 0.1) is 11.3 Å². The van der Waals surface area contributed by atoms with E-state index >= 15 is 0 Å². The number of halogens is 1. The number of rotatable bonds is 2. The first-order valence-electron chi connectivity index (χ1n) is 7.92. The standard InChI is InChI=1S/C17H15ClN6O/c1-22-14-9-20-15(18)7-12(14)16(13(8-19)17(22)25)23-6-3-11(10-23)24-5-2-4-21-24/h2,4-5,7,9,11H,3,6,10H2,1H3/t11-/m1/s1. The predicted molar refractivity (Wildman–Crippen MR) is 94.8 cm³/mol. The molecule has 7 nitrogen and oxygen atoms in total. The summed E-state index contributed by atoms with van der Waals surface area (Å²) in [5, 5.41) is 15.0. The Morgan fingerprint density at radius 1 is 1.44 bits per heavy atom. The van der Waals surface area contributed by atoms with E-state index in [1.165, 1.54) is 4.57 Å². The Bertz CT molecular complexity index is 1050. The molecule has 0 bridgehead atoms. The van der Waals surface area contributed by atoms with Gasteiger partial charge in [0.15, 0.2) is 0 Å². The lowest BCUT2D eigenvalue weighted by Crippen LogP contribution is -2.28. The summed E-state index contributed by atoms with van der Waals surface area (Å²) in [6.07, 6.45) is 6.15. The van der Waals surface area contributed by atoms with E-state index < -0.39 is 0 Å². The smallest absolute Gasteiger partial charge is 0.270 e. The molecular formula is C17H15ClN6O. The van der Waals surface area contributed by atoms with Crippen molar-refractivity contribution in [2.75, 3.05) is 18.0 Å². The fraction of sp³-hybridized carbons (Fsp3) is 0.294. The van der Waals surface area contributed by atoms with Gasteiger partial charge in [0, 0.05) is 37.9 Å². The molecule has 0 saturated carbocycles. The van der Waals surface area contributed by atoms with Gasteiger partial charge in [-0.1, -0.05) is 11.6 Å². The van der Waals surface area contributed by atoms with E-state index in [9.17, 15) is 10.1 Å². The van der Waals surface area contributed by atoms with Gasteiger partial charge in [0.2, 0.25) is 0 Å². The third kappa shape index (κ3) is 2.46. The van der Waals surface area contributed by atoms with Crippen molar-refractivity contribution in [3.8, 4) is 6.07 Å². The fourth-order valence-electron chi connectivity index (χ4n) is 3.48. The zero-order valence-corrected chi connectivity index (χ0v) is 14.3. The van der Waals surface area contributed by atoms with E-state index in [2.05, 4.69) is 21.1 Å². The normalized spacial score (nSPS) is 17.2. The summed E-state index contributed by atoms with van der Waals surface area (Å²) < 4.78 is 3.37. The van der Waals surface area contributed by atoms with Gasteiger partial charge in [0.05, 0.1) is 23.4 Å². The molecule has 4 heterocycles. The van der Waals surface area contributed by atoms with Gasteiger partial charge >= 0.3 is 0 Å². The molecular weight excluding hydrogens is 340 g/mol. The first-order valence-corrected chi connectivity index (χ1v) is 8.30. The zero-order valence-electron chi connectivity index (χ0n) is 13.6. The molecule has 1 saturated heterocycles. The quantitative estimate of drug-likeness (QED) is 0.658. The second kappa shape index (κ2) is 5.90. The minimum atomic E-state index is -0.323. The second-order valence-corrected chi connectivity index (χ2v) is 6.49. The van der Waals surface area contributed by atoms with Crippen LogP contribution >= 0.6 is 11.6 Å². The highest BCUT2D eigenvalue weighted by atomic mass is 35.5. The third-order valence-corrected chi connectivity index (χ3v) is 4.92. The Hall–Kier alpha value is -2.85. The lowest BCUT2D eigenvalue weighted by Gasteiger charge is -2.23. The molecule has 1 atom stereocenters. The molecule has 25 heavy (non-hydrogen) atoms. The van der Waals surface area contributed by atoms with Crippen LogP contribution in [-0.4, -0.2) is 32.4 Å². The van der Waals surface area contributed by atoms with Crippen LogP contribution in [0.2, 0.25) is 5.15 Å². The van der Waals surface area contributed by atoms with E-state index in [4.69, 9.17) is 11.6 Å². The summed E-state index contributed by atoms with van der Waals surface area (Å²) >= 11 is 6.08. The second-order valence-electron chi connectivity index (χ2n) is 6.10. The van der Waals surface area contributed by atoms with Crippen LogP contribution in [0.15, 0.2) is 35.5 Å². The summed E-state index contributed by atoms with van der Waals surface area (Å²) in [6.45, 7) is 1.42. The lowest BCUT2D eigenvalue weighted by molar-refractivity contribution is 0.495. The van der Waals surface area contributed by atoms with Crippen LogP contribution in [0.5, 0.6) is 0 Å². The average Bonchev–Trinajstić information content (AvgIpc) is 3.28. The van der Waals surface area contributed by atoms with Gasteiger partial charge in [-0.05, 0) is 18.6 Å². The summed E-state index contributed by atoms with van der Waals surface area (Å²) in [5.41, 5.74) is 1.11. The highest BCUT2D eigenvalue weighted by Gasteiger charge is 2.29. The Morgan fingerprint density at radius 2 is 2.28 bits per heavy atom. The number of hydrogen-bond donors (Lipinski definition) is 0. The molecule has 1 aliphatic rings. The van der Waals surface area contributed by atoms with Gasteiger partial charge in [0.1, 0.15) is 16.8 Å². The number of anilines is 1. The highest BCUT2D eigenvalue weighted by molar-refractivity contribution is 6.30. The van der Waals surface area contributed by atoms with Gasteiger partial charge in [0.25, 0.3) is 5.56 Å². The summed E-state index contributed by atoms with van der Waals surface area (Å²) in [5.74, 6) is 0. The third-order valence-electron chi connectivity index (χ3n) is 4.71. The topological polar surface area (TPSA) is 79.7 Å². The molecule has 0 aliphatic carbocycles. The maximum atomic E-state index is 12.6. The van der Waals surface area contributed by atoms with Crippen LogP contribution in [-0.2, 0) is 7.05 Å². The first-order chi connectivity index (χ1) is 12.1. The van der Waals surface area contributed by atoms with Gasteiger partial charge in [-0.2, -0.15) is 10.4 Å². The molecule has 4 rings (SSSR count). The molecule has 0 spiro atoms. The molecule has 3 aromatic heterocycles. The van der Waals surface area contributed by atoms with Gasteiger partial charge < -0.3 is 9.47 Å². The number of nitriles is 1. The van der Waals surface area contributed by atoms with Crippen LogP contribution in [0.1, 0.15) is 18.0 Å². The molecule has 0 amide bonds. The van der Waals surface area contributed by atoms with Crippen LogP contribution < -0.4 is 10.5 Å². The zero-order chi connectivity index (χ0) is 17.6. The van der Waals surface area contributed by atoms with Crippen molar-refractivity contribution in [1.29, 1.82) is 5.26 Å². The summed E-state index contributed by atoms with van der Waals surface area (Å²) in [6, 6.07) is 5.90. The number of hydrogen-bond acceptors (Lipinski definition) is 5. The van der Waals surface area contributed by atoms with E-state index in [0.29, 0.717) is 22.9 Å². The summed E-state index contributed by atoms with van der Waals surface area (Å²) in [4.78, 5) is 18.8. The highest BCUT2D eigenvalue weighted by Crippen LogP contribution is 2.34. The minimum Gasteiger partial charge on any atom is -0.368 e. The Kier molecular flexibility index (Phi) is 3.70. The molecule has 0 N–H and O–H groups in total. The average molecular weight is 355 g/mol. The van der Waals surface area contributed by atoms with E-state index in [1.54, 1.807) is 25.5 Å². The van der Waals surface area contributed by atoms with Crippen molar-refractivity contribution in [3.63, 3.8) is 0 Å². The van der Waals surface area contributed by atoms with Gasteiger partial charge in [-0.15, -0.1) is 0 Å². The molecule has 0 radical (unpaired) electrons. The SMILES string of the molecule is Cn1c(=O)c(C#N)c(N2CC[C@@H](n3cccn3)C2)c2cc(Cl)ncc21. The van der Waals surface area contributed by atoms with E-state index in [-0.39, 0.29) is 17.2 Å². The van der Waals surface area contributed by atoms with Crippen molar-refractivity contribution < 1.29 is 0 Å². The Balaban J connectivity index is 1.89. The molecule has 0 unspecified atom stereocenters. The molecule has 1 fully saturated rings. The largest absolute Gasteiger partial charge is 0.368 e. The van der Waals surface area contributed by atoms with Crippen molar-refractivity contribution in [2.45, 2.75) is 12.5 Å².